The summed E-state index contributed by atoms with van der Waals surface area (Å²) in [7, 11) is 0. The van der Waals surface area contributed by atoms with Gasteiger partial charge in [-0.2, -0.15) is 0 Å². The minimum atomic E-state index is -0.495. The van der Waals surface area contributed by atoms with E-state index in [1.54, 1.807) is 6.20 Å². The van der Waals surface area contributed by atoms with Crippen molar-refractivity contribution in [1.29, 1.82) is 0 Å². The first-order valence-corrected chi connectivity index (χ1v) is 9.59. The quantitative estimate of drug-likeness (QED) is 0.668. The number of hydrogen-bond acceptors (Lipinski definition) is 6. The molecule has 1 fully saturated rings. The fourth-order valence-corrected chi connectivity index (χ4v) is 4.03. The van der Waals surface area contributed by atoms with Crippen molar-refractivity contribution in [3.63, 3.8) is 0 Å². The Kier molecular flexibility index (Phi) is 4.20. The number of aryl methyl sites for hydroxylation is 1. The van der Waals surface area contributed by atoms with Crippen LogP contribution in [0.2, 0.25) is 0 Å². The molecule has 2 aliphatic rings. The number of benzene rings is 1. The zero-order chi connectivity index (χ0) is 19.1. The average Bonchev–Trinajstić information content (AvgIpc) is 3.14. The van der Waals surface area contributed by atoms with E-state index in [1.807, 2.05) is 28.5 Å². The Hall–Kier alpha value is -3.00. The van der Waals surface area contributed by atoms with Gasteiger partial charge in [0.15, 0.2) is 11.9 Å². The molecule has 1 unspecified atom stereocenters. The number of fused-ring (bicyclic) bond motifs is 2. The van der Waals surface area contributed by atoms with Gasteiger partial charge in [0.05, 0.1) is 13.2 Å². The van der Waals surface area contributed by atoms with Crippen LogP contribution in [0, 0.1) is 6.92 Å². The number of carbonyl (C=O) groups is 1. The highest BCUT2D eigenvalue weighted by atomic mass is 16.5. The Bertz CT molecular complexity index is 1030. The van der Waals surface area contributed by atoms with Gasteiger partial charge in [-0.15, -0.1) is 10.2 Å². The predicted molar refractivity (Wildman–Crippen MR) is 103 cm³/mol. The lowest BCUT2D eigenvalue weighted by molar-refractivity contribution is -0.145. The minimum Gasteiger partial charge on any atom is -0.365 e. The molecule has 5 rings (SSSR count). The van der Waals surface area contributed by atoms with Gasteiger partial charge in [0.1, 0.15) is 5.82 Å². The molecule has 0 spiro atoms. The molecular formula is C20H22N6O2. The molecule has 1 amide bonds. The number of amides is 1. The minimum absolute atomic E-state index is 0.0452. The number of carbonyl (C=O) groups excluding carboxylic acids is 1. The van der Waals surface area contributed by atoms with Gasteiger partial charge in [-0.25, -0.2) is 4.98 Å². The number of anilines is 1. The number of hydrogen-bond donors (Lipinski definition) is 0. The Morgan fingerprint density at radius 1 is 1.18 bits per heavy atom. The van der Waals surface area contributed by atoms with Gasteiger partial charge < -0.3 is 14.5 Å². The van der Waals surface area contributed by atoms with Crippen molar-refractivity contribution in [3.05, 3.63) is 53.6 Å². The van der Waals surface area contributed by atoms with E-state index in [-0.39, 0.29) is 5.91 Å². The molecule has 1 atom stereocenters. The molecule has 0 radical (unpaired) electrons. The third-order valence-electron chi connectivity index (χ3n) is 5.56. The van der Waals surface area contributed by atoms with Crippen LogP contribution in [0.3, 0.4) is 0 Å². The normalized spacial score (nSPS) is 19.7. The fraction of sp³-hybridized carbons (Fsp3) is 0.400. The van der Waals surface area contributed by atoms with Gasteiger partial charge in [-0.3, -0.25) is 9.20 Å². The lowest BCUT2D eigenvalue weighted by Gasteiger charge is -2.37. The smallest absolute Gasteiger partial charge is 0.253 e. The lowest BCUT2D eigenvalue weighted by atomic mass is 9.99. The summed E-state index contributed by atoms with van der Waals surface area (Å²) >= 11 is 0. The van der Waals surface area contributed by atoms with Crippen molar-refractivity contribution >= 4 is 17.4 Å². The van der Waals surface area contributed by atoms with Crippen LogP contribution in [0.15, 0.2) is 36.7 Å². The molecule has 0 aliphatic carbocycles. The van der Waals surface area contributed by atoms with Crippen LogP contribution in [0.1, 0.15) is 17.0 Å². The number of ether oxygens (including phenoxy) is 1. The van der Waals surface area contributed by atoms with Crippen molar-refractivity contribution in [2.45, 2.75) is 26.0 Å². The SMILES string of the molecule is Cc1nnc2c(N3CCOC(C(=O)N4CCc5ccccc5C4)C3)nccn12. The monoisotopic (exact) mass is 378 g/mol. The highest BCUT2D eigenvalue weighted by Crippen LogP contribution is 2.23. The molecule has 8 heteroatoms. The largest absolute Gasteiger partial charge is 0.365 e. The Balaban J connectivity index is 1.35. The van der Waals surface area contributed by atoms with Crippen molar-refractivity contribution in [3.8, 4) is 0 Å². The summed E-state index contributed by atoms with van der Waals surface area (Å²) in [5.41, 5.74) is 3.26. The van der Waals surface area contributed by atoms with E-state index in [4.69, 9.17) is 4.74 Å². The summed E-state index contributed by atoms with van der Waals surface area (Å²) in [5, 5.41) is 8.39. The lowest BCUT2D eigenvalue weighted by Crippen LogP contribution is -2.52. The summed E-state index contributed by atoms with van der Waals surface area (Å²) in [4.78, 5) is 21.6. The molecule has 4 heterocycles. The maximum Gasteiger partial charge on any atom is 0.253 e. The van der Waals surface area contributed by atoms with Gasteiger partial charge in [0.2, 0.25) is 5.65 Å². The maximum absolute atomic E-state index is 13.1. The molecule has 144 valence electrons. The van der Waals surface area contributed by atoms with Gasteiger partial charge >= 0.3 is 0 Å². The second kappa shape index (κ2) is 6.87. The number of rotatable bonds is 2. The molecule has 28 heavy (non-hydrogen) atoms. The standard InChI is InChI=1S/C20H22N6O2/c1-14-22-23-19-18(21-7-9-26(14)19)24-10-11-28-17(13-24)20(27)25-8-6-15-4-2-3-5-16(15)12-25/h2-5,7,9,17H,6,8,10-13H2,1H3. The van der Waals surface area contributed by atoms with Crippen molar-refractivity contribution < 1.29 is 9.53 Å². The van der Waals surface area contributed by atoms with E-state index in [1.165, 1.54) is 11.1 Å². The summed E-state index contributed by atoms with van der Waals surface area (Å²) in [6, 6.07) is 8.32. The molecule has 2 aliphatic heterocycles. The van der Waals surface area contributed by atoms with Gasteiger partial charge in [-0.05, 0) is 24.5 Å². The van der Waals surface area contributed by atoms with Crippen molar-refractivity contribution in [2.24, 2.45) is 0 Å². The van der Waals surface area contributed by atoms with Crippen LogP contribution < -0.4 is 4.90 Å². The van der Waals surface area contributed by atoms with E-state index in [0.717, 1.165) is 24.6 Å². The molecule has 0 N–H and O–H groups in total. The molecule has 2 aromatic heterocycles. The summed E-state index contributed by atoms with van der Waals surface area (Å²) < 4.78 is 7.76. The Morgan fingerprint density at radius 3 is 2.93 bits per heavy atom. The van der Waals surface area contributed by atoms with Crippen LogP contribution in [0.4, 0.5) is 5.82 Å². The molecule has 1 saturated heterocycles. The summed E-state index contributed by atoms with van der Waals surface area (Å²) in [6.45, 7) is 4.90. The van der Waals surface area contributed by atoms with E-state index < -0.39 is 6.10 Å². The van der Waals surface area contributed by atoms with E-state index in [2.05, 4.69) is 38.3 Å². The first-order valence-electron chi connectivity index (χ1n) is 9.59. The second-order valence-corrected chi connectivity index (χ2v) is 7.28. The molecule has 1 aromatic carbocycles. The number of morpholine rings is 1. The van der Waals surface area contributed by atoms with Gasteiger partial charge in [-0.1, -0.05) is 24.3 Å². The molecule has 0 saturated carbocycles. The van der Waals surface area contributed by atoms with Crippen LogP contribution in [0.5, 0.6) is 0 Å². The van der Waals surface area contributed by atoms with Gasteiger partial charge in [0, 0.05) is 32.0 Å². The maximum atomic E-state index is 13.1. The fourth-order valence-electron chi connectivity index (χ4n) is 4.03. The first-order chi connectivity index (χ1) is 13.7. The molecule has 0 bridgehead atoms. The third-order valence-corrected chi connectivity index (χ3v) is 5.56. The number of nitrogens with zero attached hydrogens (tertiary/aromatic N) is 6. The highest BCUT2D eigenvalue weighted by Gasteiger charge is 2.33. The molecular weight excluding hydrogens is 356 g/mol. The zero-order valence-electron chi connectivity index (χ0n) is 15.8. The Labute approximate surface area is 162 Å². The number of aromatic nitrogens is 4. The highest BCUT2D eigenvalue weighted by molar-refractivity contribution is 5.82. The first kappa shape index (κ1) is 17.1. The van der Waals surface area contributed by atoms with Crippen LogP contribution in [-0.4, -0.2) is 62.7 Å². The average molecular weight is 378 g/mol. The van der Waals surface area contributed by atoms with Crippen molar-refractivity contribution in [2.75, 3.05) is 31.1 Å². The molecule has 3 aromatic rings. The van der Waals surface area contributed by atoms with Crippen LogP contribution in [-0.2, 0) is 22.5 Å². The zero-order valence-corrected chi connectivity index (χ0v) is 15.8. The van der Waals surface area contributed by atoms with Crippen LogP contribution >= 0.6 is 0 Å². The van der Waals surface area contributed by atoms with E-state index in [9.17, 15) is 4.79 Å². The predicted octanol–water partition coefficient (Wildman–Crippen LogP) is 1.22. The van der Waals surface area contributed by atoms with Gasteiger partial charge in [0.25, 0.3) is 5.91 Å². The molecule has 8 nitrogen and oxygen atoms in total. The van der Waals surface area contributed by atoms with Crippen LogP contribution in [0.25, 0.3) is 5.65 Å². The van der Waals surface area contributed by atoms with E-state index in [0.29, 0.717) is 31.9 Å². The topological polar surface area (TPSA) is 75.9 Å². The van der Waals surface area contributed by atoms with E-state index >= 15 is 0 Å². The second-order valence-electron chi connectivity index (χ2n) is 7.28. The Morgan fingerprint density at radius 2 is 2.04 bits per heavy atom. The summed E-state index contributed by atoms with van der Waals surface area (Å²) in [5.74, 6) is 1.60. The third kappa shape index (κ3) is 2.90. The van der Waals surface area contributed by atoms with Crippen molar-refractivity contribution in [1.82, 2.24) is 24.5 Å². The summed E-state index contributed by atoms with van der Waals surface area (Å²) in [6.07, 6.45) is 3.98.